The number of carbonyl (C=O) groups excluding carboxylic acids is 1. The Hall–Kier alpha value is -2.58. The summed E-state index contributed by atoms with van der Waals surface area (Å²) in [5.41, 5.74) is 0.933. The molecule has 27 heavy (non-hydrogen) atoms. The molecule has 0 saturated heterocycles. The summed E-state index contributed by atoms with van der Waals surface area (Å²) in [4.78, 5) is 12.6. The van der Waals surface area contributed by atoms with Crippen LogP contribution >= 0.6 is 0 Å². The minimum atomic E-state index is -3.53. The zero-order valence-corrected chi connectivity index (χ0v) is 16.1. The fraction of sp³-hybridized carbons (Fsp3) is 0.316. The molecule has 7 nitrogen and oxygen atoms in total. The number of sulfonamides is 1. The van der Waals surface area contributed by atoms with Gasteiger partial charge in [-0.15, -0.1) is 0 Å². The first-order valence-corrected chi connectivity index (χ1v) is 10.1. The van der Waals surface area contributed by atoms with Gasteiger partial charge in [-0.3, -0.25) is 4.79 Å². The normalized spacial score (nSPS) is 13.0. The summed E-state index contributed by atoms with van der Waals surface area (Å²) in [6.45, 7) is 2.63. The van der Waals surface area contributed by atoms with Crippen LogP contribution in [0.15, 0.2) is 47.4 Å². The molecule has 0 unspecified atom stereocenters. The smallest absolute Gasteiger partial charge is 0.255 e. The van der Waals surface area contributed by atoms with E-state index in [0.29, 0.717) is 29.3 Å². The van der Waals surface area contributed by atoms with Gasteiger partial charge in [-0.25, -0.2) is 12.7 Å². The highest BCUT2D eigenvalue weighted by Gasteiger charge is 2.20. The van der Waals surface area contributed by atoms with Crippen LogP contribution in [0.4, 0.5) is 5.69 Å². The molecule has 144 valence electrons. The van der Waals surface area contributed by atoms with E-state index in [1.54, 1.807) is 37.4 Å². The van der Waals surface area contributed by atoms with E-state index >= 15 is 0 Å². The number of carbonyl (C=O) groups is 1. The van der Waals surface area contributed by atoms with E-state index in [-0.39, 0.29) is 17.6 Å². The van der Waals surface area contributed by atoms with Crippen LogP contribution in [0.2, 0.25) is 0 Å². The van der Waals surface area contributed by atoms with Crippen LogP contribution in [-0.4, -0.2) is 39.0 Å². The van der Waals surface area contributed by atoms with Gasteiger partial charge in [0.1, 0.15) is 0 Å². The molecule has 0 saturated carbocycles. The number of amides is 1. The monoisotopic (exact) mass is 390 g/mol. The van der Waals surface area contributed by atoms with Crippen molar-refractivity contribution in [3.05, 3.63) is 48.0 Å². The summed E-state index contributed by atoms with van der Waals surface area (Å²) in [6.07, 6.45) is 1.73. The van der Waals surface area contributed by atoms with Crippen LogP contribution in [0.3, 0.4) is 0 Å². The molecule has 8 heteroatoms. The first-order valence-electron chi connectivity index (χ1n) is 8.69. The first kappa shape index (κ1) is 19.2. The number of fused-ring (bicyclic) bond motifs is 1. The quantitative estimate of drug-likeness (QED) is 0.785. The fourth-order valence-corrected chi connectivity index (χ4v) is 3.84. The Morgan fingerprint density at radius 3 is 2.52 bits per heavy atom. The number of nitrogens with one attached hydrogen (secondary N) is 1. The van der Waals surface area contributed by atoms with Crippen molar-refractivity contribution in [2.45, 2.75) is 24.7 Å². The molecule has 3 rings (SSSR count). The van der Waals surface area contributed by atoms with Crippen LogP contribution in [0.1, 0.15) is 30.1 Å². The highest BCUT2D eigenvalue weighted by Crippen LogP contribution is 2.32. The number of unbranched alkanes of at least 4 members (excludes halogenated alkanes) is 1. The molecule has 1 amide bonds. The molecule has 0 fully saturated rings. The summed E-state index contributed by atoms with van der Waals surface area (Å²) in [5, 5.41) is 2.75. The van der Waals surface area contributed by atoms with Crippen molar-refractivity contribution < 1.29 is 22.7 Å². The van der Waals surface area contributed by atoms with E-state index in [4.69, 9.17) is 9.47 Å². The van der Waals surface area contributed by atoms with Crippen LogP contribution in [0.25, 0.3) is 0 Å². The van der Waals surface area contributed by atoms with Crippen molar-refractivity contribution in [2.75, 3.05) is 25.7 Å². The lowest BCUT2D eigenvalue weighted by Crippen LogP contribution is -2.27. The van der Waals surface area contributed by atoms with Gasteiger partial charge in [-0.2, -0.15) is 0 Å². The van der Waals surface area contributed by atoms with Gasteiger partial charge in [0.05, 0.1) is 4.90 Å². The minimum absolute atomic E-state index is 0.142. The molecule has 1 aliphatic heterocycles. The average Bonchev–Trinajstić information content (AvgIpc) is 3.14. The third kappa shape index (κ3) is 4.23. The molecule has 1 N–H and O–H groups in total. The maximum Gasteiger partial charge on any atom is 0.255 e. The lowest BCUT2D eigenvalue weighted by Gasteiger charge is -2.17. The zero-order valence-electron chi connectivity index (χ0n) is 15.3. The molecule has 0 aliphatic carbocycles. The van der Waals surface area contributed by atoms with Gasteiger partial charge in [0, 0.05) is 24.8 Å². The number of hydrogen-bond donors (Lipinski definition) is 1. The lowest BCUT2D eigenvalue weighted by molar-refractivity contribution is 0.102. The Balaban J connectivity index is 1.69. The third-order valence-corrected chi connectivity index (χ3v) is 6.15. The van der Waals surface area contributed by atoms with Crippen LogP contribution in [0.5, 0.6) is 11.5 Å². The average molecular weight is 390 g/mol. The van der Waals surface area contributed by atoms with Crippen molar-refractivity contribution in [3.8, 4) is 11.5 Å². The highest BCUT2D eigenvalue weighted by molar-refractivity contribution is 7.89. The molecule has 0 atom stereocenters. The summed E-state index contributed by atoms with van der Waals surface area (Å²) in [6, 6.07) is 11.1. The fourth-order valence-electron chi connectivity index (χ4n) is 2.63. The molecule has 2 aromatic carbocycles. The molecular weight excluding hydrogens is 368 g/mol. The van der Waals surface area contributed by atoms with Gasteiger partial charge < -0.3 is 14.8 Å². The topological polar surface area (TPSA) is 84.9 Å². The molecule has 2 aromatic rings. The number of nitrogens with zero attached hydrogens (tertiary/aromatic N) is 1. The van der Waals surface area contributed by atoms with E-state index < -0.39 is 10.0 Å². The van der Waals surface area contributed by atoms with Gasteiger partial charge in [0.15, 0.2) is 11.5 Å². The molecule has 0 spiro atoms. The number of hydrogen-bond acceptors (Lipinski definition) is 5. The van der Waals surface area contributed by atoms with E-state index in [2.05, 4.69) is 5.32 Å². The Kier molecular flexibility index (Phi) is 5.67. The predicted molar refractivity (Wildman–Crippen MR) is 102 cm³/mol. The SMILES string of the molecule is CCCCN(C)S(=O)(=O)c1ccc(NC(=O)c2ccc3c(c2)OCO3)cc1. The van der Waals surface area contributed by atoms with Crippen molar-refractivity contribution in [2.24, 2.45) is 0 Å². The molecule has 0 aromatic heterocycles. The molecule has 1 aliphatic rings. The zero-order chi connectivity index (χ0) is 19.4. The number of anilines is 1. The predicted octanol–water partition coefficient (Wildman–Crippen LogP) is 3.09. The van der Waals surface area contributed by atoms with E-state index in [9.17, 15) is 13.2 Å². The second-order valence-electron chi connectivity index (χ2n) is 6.23. The van der Waals surface area contributed by atoms with Crippen molar-refractivity contribution in [1.82, 2.24) is 4.31 Å². The number of rotatable bonds is 7. The summed E-state index contributed by atoms with van der Waals surface area (Å²) in [7, 11) is -1.96. The van der Waals surface area contributed by atoms with Crippen molar-refractivity contribution in [3.63, 3.8) is 0 Å². The Morgan fingerprint density at radius 1 is 1.11 bits per heavy atom. The first-order chi connectivity index (χ1) is 12.9. The standard InChI is InChI=1S/C19H22N2O5S/c1-3-4-11-21(2)27(23,24)16-8-6-15(7-9-16)20-19(22)14-5-10-17-18(12-14)26-13-25-17/h5-10,12H,3-4,11,13H2,1-2H3,(H,20,22). The largest absolute Gasteiger partial charge is 0.454 e. The Morgan fingerprint density at radius 2 is 1.81 bits per heavy atom. The van der Waals surface area contributed by atoms with Gasteiger partial charge in [-0.1, -0.05) is 13.3 Å². The summed E-state index contributed by atoms with van der Waals surface area (Å²) in [5.74, 6) is 0.816. The maximum atomic E-state index is 12.5. The lowest BCUT2D eigenvalue weighted by atomic mass is 10.2. The van der Waals surface area contributed by atoms with Crippen LogP contribution in [-0.2, 0) is 10.0 Å². The third-order valence-electron chi connectivity index (χ3n) is 4.28. The van der Waals surface area contributed by atoms with Gasteiger partial charge in [0.25, 0.3) is 5.91 Å². The van der Waals surface area contributed by atoms with E-state index in [1.165, 1.54) is 16.4 Å². The molecule has 0 bridgehead atoms. The van der Waals surface area contributed by atoms with Gasteiger partial charge in [-0.05, 0) is 48.9 Å². The van der Waals surface area contributed by atoms with Crippen LogP contribution < -0.4 is 14.8 Å². The maximum absolute atomic E-state index is 12.5. The van der Waals surface area contributed by atoms with E-state index in [1.807, 2.05) is 6.92 Å². The van der Waals surface area contributed by atoms with Gasteiger partial charge >= 0.3 is 0 Å². The van der Waals surface area contributed by atoms with Crippen molar-refractivity contribution in [1.29, 1.82) is 0 Å². The summed E-state index contributed by atoms with van der Waals surface area (Å²) < 4.78 is 36.9. The second kappa shape index (κ2) is 7.98. The Labute approximate surface area is 158 Å². The van der Waals surface area contributed by atoms with Gasteiger partial charge in [0.2, 0.25) is 16.8 Å². The molecule has 1 heterocycles. The second-order valence-corrected chi connectivity index (χ2v) is 8.27. The minimum Gasteiger partial charge on any atom is -0.454 e. The Bertz CT molecular complexity index is 926. The summed E-state index contributed by atoms with van der Waals surface area (Å²) >= 11 is 0. The molecule has 0 radical (unpaired) electrons. The van der Waals surface area contributed by atoms with E-state index in [0.717, 1.165) is 12.8 Å². The molecular formula is C19H22N2O5S. The van der Waals surface area contributed by atoms with Crippen LogP contribution in [0, 0.1) is 0 Å². The number of ether oxygens (including phenoxy) is 2. The van der Waals surface area contributed by atoms with Crippen molar-refractivity contribution >= 4 is 21.6 Å². The number of benzene rings is 2. The highest BCUT2D eigenvalue weighted by atomic mass is 32.2.